The van der Waals surface area contributed by atoms with E-state index < -0.39 is 23.3 Å². The number of ether oxygens (including phenoxy) is 3. The van der Waals surface area contributed by atoms with E-state index in [0.717, 1.165) is 11.0 Å². The summed E-state index contributed by atoms with van der Waals surface area (Å²) < 4.78 is 16.1. The van der Waals surface area contributed by atoms with Gasteiger partial charge >= 0.3 is 5.97 Å². The maximum atomic E-state index is 12.7. The zero-order valence-corrected chi connectivity index (χ0v) is 17.5. The van der Waals surface area contributed by atoms with Gasteiger partial charge in [0.2, 0.25) is 0 Å². The summed E-state index contributed by atoms with van der Waals surface area (Å²) in [6.45, 7) is 0.301. The summed E-state index contributed by atoms with van der Waals surface area (Å²) in [5.41, 5.74) is 0.0792. The van der Waals surface area contributed by atoms with Crippen LogP contribution in [0.2, 0.25) is 0 Å². The molecule has 0 aromatic heterocycles. The Hall–Kier alpha value is -3.85. The standard InChI is InChI=1S/C23H17NO7S/c25-19(15-6-8-20-21(12-15)30-11-10-29-20)14-31-23(26)18-13-16(24(27)28)7-9-22(18)32-17-4-2-1-3-5-17/h1-9,12-13H,10-11,14H2. The van der Waals surface area contributed by atoms with Crippen LogP contribution in [0.5, 0.6) is 11.5 Å². The Morgan fingerprint density at radius 1 is 0.969 bits per heavy atom. The lowest BCUT2D eigenvalue weighted by molar-refractivity contribution is -0.384. The number of hydrogen-bond acceptors (Lipinski definition) is 8. The van der Waals surface area contributed by atoms with E-state index in [2.05, 4.69) is 0 Å². The summed E-state index contributed by atoms with van der Waals surface area (Å²) in [5.74, 6) is -0.256. The number of non-ortho nitro benzene ring substituents is 1. The van der Waals surface area contributed by atoms with Crippen molar-refractivity contribution in [2.45, 2.75) is 9.79 Å². The molecule has 0 N–H and O–H groups in total. The number of fused-ring (bicyclic) bond motifs is 1. The molecule has 1 aliphatic rings. The smallest absolute Gasteiger partial charge is 0.339 e. The monoisotopic (exact) mass is 451 g/mol. The molecule has 3 aromatic carbocycles. The zero-order chi connectivity index (χ0) is 22.5. The summed E-state index contributed by atoms with van der Waals surface area (Å²) >= 11 is 1.27. The molecule has 1 heterocycles. The minimum Gasteiger partial charge on any atom is -0.486 e. The zero-order valence-electron chi connectivity index (χ0n) is 16.7. The van der Waals surface area contributed by atoms with E-state index in [0.29, 0.717) is 35.2 Å². The van der Waals surface area contributed by atoms with E-state index in [1.165, 1.54) is 30.0 Å². The van der Waals surface area contributed by atoms with E-state index >= 15 is 0 Å². The Balaban J connectivity index is 1.51. The molecule has 0 unspecified atom stereocenters. The number of benzene rings is 3. The van der Waals surface area contributed by atoms with E-state index in [4.69, 9.17) is 14.2 Å². The molecule has 0 aliphatic carbocycles. The molecule has 0 fully saturated rings. The van der Waals surface area contributed by atoms with E-state index in [9.17, 15) is 19.7 Å². The molecule has 0 amide bonds. The topological polar surface area (TPSA) is 105 Å². The maximum Gasteiger partial charge on any atom is 0.339 e. The first-order chi connectivity index (χ1) is 15.5. The predicted molar refractivity (Wildman–Crippen MR) is 116 cm³/mol. The molecule has 0 bridgehead atoms. The summed E-state index contributed by atoms with van der Waals surface area (Å²) in [6.07, 6.45) is 0. The molecule has 0 saturated heterocycles. The fourth-order valence-electron chi connectivity index (χ4n) is 3.00. The number of Topliss-reactive ketones (excluding diaryl/α,β-unsaturated/α-hetero) is 1. The van der Waals surface area contributed by atoms with Gasteiger partial charge in [0.05, 0.1) is 10.5 Å². The Bertz CT molecular complexity index is 1180. The van der Waals surface area contributed by atoms with Crippen LogP contribution in [0.25, 0.3) is 0 Å². The van der Waals surface area contributed by atoms with Crippen LogP contribution in [-0.4, -0.2) is 36.5 Å². The highest BCUT2D eigenvalue weighted by atomic mass is 32.2. The van der Waals surface area contributed by atoms with Crippen molar-refractivity contribution in [2.75, 3.05) is 19.8 Å². The lowest BCUT2D eigenvalue weighted by Gasteiger charge is -2.18. The molecule has 9 heteroatoms. The number of esters is 1. The molecule has 8 nitrogen and oxygen atoms in total. The Labute approximate surface area is 187 Å². The number of nitro benzene ring substituents is 1. The van der Waals surface area contributed by atoms with Crippen LogP contribution in [-0.2, 0) is 4.74 Å². The fourth-order valence-corrected chi connectivity index (χ4v) is 3.94. The van der Waals surface area contributed by atoms with Gasteiger partial charge in [-0.15, -0.1) is 0 Å². The number of nitro groups is 1. The third-order valence-electron chi connectivity index (χ3n) is 4.56. The second-order valence-electron chi connectivity index (χ2n) is 6.71. The van der Waals surface area contributed by atoms with Crippen LogP contribution in [0.1, 0.15) is 20.7 Å². The maximum absolute atomic E-state index is 12.7. The van der Waals surface area contributed by atoms with Crippen molar-refractivity contribution < 1.29 is 28.7 Å². The van der Waals surface area contributed by atoms with E-state index in [1.807, 2.05) is 30.3 Å². The van der Waals surface area contributed by atoms with Crippen LogP contribution in [0.4, 0.5) is 5.69 Å². The van der Waals surface area contributed by atoms with E-state index in [-0.39, 0.29) is 11.3 Å². The molecule has 3 aromatic rings. The van der Waals surface area contributed by atoms with Crippen molar-refractivity contribution in [3.05, 3.63) is 88.0 Å². The van der Waals surface area contributed by atoms with Gasteiger partial charge in [-0.05, 0) is 36.4 Å². The highest BCUT2D eigenvalue weighted by Crippen LogP contribution is 2.33. The second kappa shape index (κ2) is 9.52. The van der Waals surface area contributed by atoms with Crippen LogP contribution in [0, 0.1) is 10.1 Å². The van der Waals surface area contributed by atoms with Crippen molar-refractivity contribution in [3.63, 3.8) is 0 Å². The highest BCUT2D eigenvalue weighted by Gasteiger charge is 2.21. The first-order valence-electron chi connectivity index (χ1n) is 9.62. The largest absolute Gasteiger partial charge is 0.486 e. The minimum absolute atomic E-state index is 0.0167. The SMILES string of the molecule is O=C(COC(=O)c1cc([N+](=O)[O-])ccc1Sc1ccccc1)c1ccc2c(c1)OCCO2. The number of carbonyl (C=O) groups is 2. The number of carbonyl (C=O) groups excluding carboxylic acids is 2. The van der Waals surface area contributed by atoms with Gasteiger partial charge in [0.15, 0.2) is 23.9 Å². The molecule has 162 valence electrons. The summed E-state index contributed by atoms with van der Waals surface area (Å²) in [4.78, 5) is 37.2. The number of ketones is 1. The van der Waals surface area contributed by atoms with Gasteiger partial charge in [-0.1, -0.05) is 30.0 Å². The normalized spacial score (nSPS) is 12.1. The Kier molecular flexibility index (Phi) is 6.37. The lowest BCUT2D eigenvalue weighted by atomic mass is 10.1. The van der Waals surface area contributed by atoms with Crippen molar-refractivity contribution >= 4 is 29.2 Å². The second-order valence-corrected chi connectivity index (χ2v) is 7.83. The average molecular weight is 451 g/mol. The van der Waals surface area contributed by atoms with E-state index in [1.54, 1.807) is 12.1 Å². The number of rotatable bonds is 7. The third-order valence-corrected chi connectivity index (χ3v) is 5.65. The third kappa shape index (κ3) is 4.89. The van der Waals surface area contributed by atoms with Gasteiger partial charge in [-0.3, -0.25) is 14.9 Å². The fraction of sp³-hybridized carbons (Fsp3) is 0.130. The average Bonchev–Trinajstić information content (AvgIpc) is 2.82. The first-order valence-corrected chi connectivity index (χ1v) is 10.4. The van der Waals surface area contributed by atoms with Gasteiger partial charge in [-0.25, -0.2) is 4.79 Å². The van der Waals surface area contributed by atoms with Gasteiger partial charge < -0.3 is 14.2 Å². The molecule has 0 radical (unpaired) electrons. The van der Waals surface area contributed by atoms with Crippen LogP contribution >= 0.6 is 11.8 Å². The molecule has 0 saturated carbocycles. The van der Waals surface area contributed by atoms with Crippen LogP contribution in [0.15, 0.2) is 76.5 Å². The van der Waals surface area contributed by atoms with Gasteiger partial charge in [0, 0.05) is 27.5 Å². The summed E-state index contributed by atoms with van der Waals surface area (Å²) in [5, 5.41) is 11.2. The molecule has 1 aliphatic heterocycles. The van der Waals surface area contributed by atoms with Gasteiger partial charge in [0.25, 0.3) is 5.69 Å². The van der Waals surface area contributed by atoms with Crippen molar-refractivity contribution in [1.82, 2.24) is 0 Å². The number of nitrogens with zero attached hydrogens (tertiary/aromatic N) is 1. The van der Waals surface area contributed by atoms with Gasteiger partial charge in [-0.2, -0.15) is 0 Å². The highest BCUT2D eigenvalue weighted by molar-refractivity contribution is 7.99. The summed E-state index contributed by atoms with van der Waals surface area (Å²) in [7, 11) is 0. The van der Waals surface area contributed by atoms with Crippen LogP contribution in [0.3, 0.4) is 0 Å². The predicted octanol–water partition coefficient (Wildman–Crippen LogP) is 4.56. The molecule has 0 spiro atoms. The van der Waals surface area contributed by atoms with Crippen LogP contribution < -0.4 is 9.47 Å². The Morgan fingerprint density at radius 3 is 2.47 bits per heavy atom. The van der Waals surface area contributed by atoms with Crippen molar-refractivity contribution in [2.24, 2.45) is 0 Å². The molecule has 32 heavy (non-hydrogen) atoms. The minimum atomic E-state index is -0.821. The summed E-state index contributed by atoms with van der Waals surface area (Å²) in [6, 6.07) is 18.0. The quantitative estimate of drug-likeness (QED) is 0.223. The molecule has 4 rings (SSSR count). The van der Waals surface area contributed by atoms with Crippen molar-refractivity contribution in [1.29, 1.82) is 0 Å². The number of hydrogen-bond donors (Lipinski definition) is 0. The first kappa shape index (κ1) is 21.4. The molecular formula is C23H17NO7S. The Morgan fingerprint density at radius 2 is 1.72 bits per heavy atom. The van der Waals surface area contributed by atoms with Crippen molar-refractivity contribution in [3.8, 4) is 11.5 Å². The lowest BCUT2D eigenvalue weighted by Crippen LogP contribution is -2.17. The van der Waals surface area contributed by atoms with Gasteiger partial charge in [0.1, 0.15) is 13.2 Å². The molecule has 0 atom stereocenters. The molecular weight excluding hydrogens is 434 g/mol.